The summed E-state index contributed by atoms with van der Waals surface area (Å²) in [6.07, 6.45) is -0.00532. The van der Waals surface area contributed by atoms with Gasteiger partial charge in [0, 0.05) is 25.6 Å². The number of carbonyl (C=O) groups excluding carboxylic acids is 3. The third-order valence-electron chi connectivity index (χ3n) is 3.73. The summed E-state index contributed by atoms with van der Waals surface area (Å²) in [5.74, 6) is -0.161. The Labute approximate surface area is 132 Å². The van der Waals surface area contributed by atoms with E-state index in [-0.39, 0.29) is 29.9 Å². The molecule has 120 valence electrons. The van der Waals surface area contributed by atoms with Crippen LogP contribution in [0.15, 0.2) is 23.3 Å². The predicted molar refractivity (Wildman–Crippen MR) is 83.4 cm³/mol. The monoisotopic (exact) mass is 316 g/mol. The topological polar surface area (TPSA) is 100 Å². The van der Waals surface area contributed by atoms with Crippen LogP contribution >= 0.6 is 0 Å². The van der Waals surface area contributed by atoms with Gasteiger partial charge in [-0.25, -0.2) is 5.43 Å². The Balaban J connectivity index is 1.79. The fourth-order valence-corrected chi connectivity index (χ4v) is 2.43. The lowest BCUT2D eigenvalue weighted by Gasteiger charge is -2.30. The van der Waals surface area contributed by atoms with E-state index in [0.29, 0.717) is 23.5 Å². The van der Waals surface area contributed by atoms with E-state index in [2.05, 4.69) is 15.8 Å². The minimum Gasteiger partial charge on any atom is -0.479 e. The third-order valence-corrected chi connectivity index (χ3v) is 3.73. The van der Waals surface area contributed by atoms with Gasteiger partial charge in [0.15, 0.2) is 6.10 Å². The van der Waals surface area contributed by atoms with Crippen LogP contribution in [0.1, 0.15) is 19.8 Å². The van der Waals surface area contributed by atoms with Gasteiger partial charge in [0.25, 0.3) is 11.8 Å². The molecular formula is C15H16N4O4. The number of carbonyl (C=O) groups is 3. The maximum Gasteiger partial charge on any atom is 0.271 e. The van der Waals surface area contributed by atoms with Crippen molar-refractivity contribution in [2.24, 2.45) is 5.10 Å². The molecule has 1 aromatic carbocycles. The quantitative estimate of drug-likeness (QED) is 0.836. The molecule has 8 nitrogen and oxygen atoms in total. The number of rotatable bonds is 2. The molecule has 0 radical (unpaired) electrons. The number of amides is 3. The first kappa shape index (κ1) is 15.0. The highest BCUT2D eigenvalue weighted by atomic mass is 16.5. The number of benzene rings is 1. The lowest BCUT2D eigenvalue weighted by atomic mass is 10.1. The average Bonchev–Trinajstić information content (AvgIpc) is 2.54. The first-order chi connectivity index (χ1) is 11.0. The van der Waals surface area contributed by atoms with E-state index in [4.69, 9.17) is 4.74 Å². The second kappa shape index (κ2) is 5.71. The van der Waals surface area contributed by atoms with Gasteiger partial charge in [-0.05, 0) is 25.1 Å². The van der Waals surface area contributed by atoms with Crippen molar-refractivity contribution in [2.45, 2.75) is 25.9 Å². The third kappa shape index (κ3) is 2.87. The summed E-state index contributed by atoms with van der Waals surface area (Å²) >= 11 is 0. The highest BCUT2D eigenvalue weighted by Crippen LogP contribution is 2.35. The number of anilines is 2. The Morgan fingerprint density at radius 3 is 2.87 bits per heavy atom. The molecule has 0 aromatic heterocycles. The summed E-state index contributed by atoms with van der Waals surface area (Å²) in [4.78, 5) is 36.6. The standard InChI is InChI=1S/C15H16N4O4/c1-8-15(22)19(2)11-7-9(3-5-12(11)23-8)16-14(21)10-4-6-13(20)18-17-10/h3,5,7-8H,4,6H2,1-2H3,(H,16,21)(H,18,20). The minimum absolute atomic E-state index is 0.152. The normalized spacial score (nSPS) is 20.2. The van der Waals surface area contributed by atoms with Crippen LogP contribution < -0.4 is 20.4 Å². The summed E-state index contributed by atoms with van der Waals surface area (Å²) in [5.41, 5.74) is 3.65. The van der Waals surface area contributed by atoms with Crippen LogP contribution in [0.3, 0.4) is 0 Å². The van der Waals surface area contributed by atoms with Crippen LogP contribution in [0.2, 0.25) is 0 Å². The highest BCUT2D eigenvalue weighted by Gasteiger charge is 2.29. The number of likely N-dealkylation sites (N-methyl/N-ethyl adjacent to an activating group) is 1. The van der Waals surface area contributed by atoms with E-state index in [1.165, 1.54) is 4.90 Å². The number of hydrazone groups is 1. The van der Waals surface area contributed by atoms with Crippen LogP contribution in [0.25, 0.3) is 0 Å². The van der Waals surface area contributed by atoms with Crippen molar-refractivity contribution in [2.75, 3.05) is 17.3 Å². The molecule has 1 aromatic rings. The summed E-state index contributed by atoms with van der Waals surface area (Å²) in [6, 6.07) is 5.06. The van der Waals surface area contributed by atoms with Crippen molar-refractivity contribution in [1.29, 1.82) is 0 Å². The summed E-state index contributed by atoms with van der Waals surface area (Å²) in [6.45, 7) is 1.69. The maximum atomic E-state index is 12.1. The van der Waals surface area contributed by atoms with Gasteiger partial charge in [0.1, 0.15) is 11.5 Å². The number of hydrogen-bond donors (Lipinski definition) is 2. The van der Waals surface area contributed by atoms with Gasteiger partial charge >= 0.3 is 0 Å². The lowest BCUT2D eigenvalue weighted by molar-refractivity contribution is -0.125. The lowest BCUT2D eigenvalue weighted by Crippen LogP contribution is -2.42. The average molecular weight is 316 g/mol. The number of ether oxygens (including phenoxy) is 1. The van der Waals surface area contributed by atoms with Crippen LogP contribution in [0, 0.1) is 0 Å². The van der Waals surface area contributed by atoms with Crippen LogP contribution in [-0.2, 0) is 14.4 Å². The van der Waals surface area contributed by atoms with Crippen LogP contribution in [0.5, 0.6) is 5.75 Å². The van der Waals surface area contributed by atoms with E-state index >= 15 is 0 Å². The molecule has 1 atom stereocenters. The zero-order valence-electron chi connectivity index (χ0n) is 12.8. The first-order valence-electron chi connectivity index (χ1n) is 7.21. The van der Waals surface area contributed by atoms with E-state index in [1.54, 1.807) is 32.2 Å². The van der Waals surface area contributed by atoms with Crippen LogP contribution in [0.4, 0.5) is 11.4 Å². The van der Waals surface area contributed by atoms with E-state index in [0.717, 1.165) is 0 Å². The SMILES string of the molecule is CC1Oc2ccc(NC(=O)C3=NNC(=O)CC3)cc2N(C)C1=O. The van der Waals surface area contributed by atoms with Crippen molar-refractivity contribution in [1.82, 2.24) is 5.43 Å². The molecule has 3 rings (SSSR count). The summed E-state index contributed by atoms with van der Waals surface area (Å²) < 4.78 is 5.53. The molecule has 2 aliphatic heterocycles. The van der Waals surface area contributed by atoms with Crippen LogP contribution in [-0.4, -0.2) is 36.6 Å². The van der Waals surface area contributed by atoms with E-state index in [9.17, 15) is 14.4 Å². The molecule has 2 heterocycles. The summed E-state index contributed by atoms with van der Waals surface area (Å²) in [5, 5.41) is 6.46. The smallest absolute Gasteiger partial charge is 0.271 e. The van der Waals surface area contributed by atoms with Gasteiger partial charge in [-0.3, -0.25) is 14.4 Å². The molecule has 0 bridgehead atoms. The molecule has 0 aliphatic carbocycles. The zero-order valence-corrected chi connectivity index (χ0v) is 12.8. The fraction of sp³-hybridized carbons (Fsp3) is 0.333. The van der Waals surface area contributed by atoms with Gasteiger partial charge in [0.05, 0.1) is 5.69 Å². The Bertz CT molecular complexity index is 728. The molecule has 2 N–H and O–H groups in total. The second-order valence-corrected chi connectivity index (χ2v) is 5.39. The van der Waals surface area contributed by atoms with Crippen molar-refractivity contribution in [3.05, 3.63) is 18.2 Å². The summed E-state index contributed by atoms with van der Waals surface area (Å²) in [7, 11) is 1.66. The maximum absolute atomic E-state index is 12.1. The predicted octanol–water partition coefficient (Wildman–Crippen LogP) is 0.635. The van der Waals surface area contributed by atoms with Crippen molar-refractivity contribution in [3.63, 3.8) is 0 Å². The van der Waals surface area contributed by atoms with Crippen molar-refractivity contribution < 1.29 is 19.1 Å². The van der Waals surface area contributed by atoms with Gasteiger partial charge in [0.2, 0.25) is 5.91 Å². The molecule has 0 fully saturated rings. The Kier molecular flexibility index (Phi) is 3.73. The number of nitrogens with one attached hydrogen (secondary N) is 2. The van der Waals surface area contributed by atoms with Gasteiger partial charge in [-0.15, -0.1) is 0 Å². The van der Waals surface area contributed by atoms with Gasteiger partial charge in [-0.2, -0.15) is 5.10 Å². The Morgan fingerprint density at radius 1 is 1.39 bits per heavy atom. The first-order valence-corrected chi connectivity index (χ1v) is 7.21. The van der Waals surface area contributed by atoms with Crippen molar-refractivity contribution >= 4 is 34.8 Å². The number of hydrogen-bond acceptors (Lipinski definition) is 5. The molecule has 1 unspecified atom stereocenters. The van der Waals surface area contributed by atoms with Gasteiger partial charge in [-0.1, -0.05) is 0 Å². The molecule has 0 spiro atoms. The molecule has 23 heavy (non-hydrogen) atoms. The fourth-order valence-electron chi connectivity index (χ4n) is 2.43. The molecule has 0 saturated heterocycles. The highest BCUT2D eigenvalue weighted by molar-refractivity contribution is 6.43. The number of nitrogens with zero attached hydrogens (tertiary/aromatic N) is 2. The second-order valence-electron chi connectivity index (χ2n) is 5.39. The van der Waals surface area contributed by atoms with Crippen molar-refractivity contribution in [3.8, 4) is 5.75 Å². The molecule has 0 saturated carbocycles. The molecule has 8 heteroatoms. The molecule has 2 aliphatic rings. The number of fused-ring (bicyclic) bond motifs is 1. The Hall–Kier alpha value is -2.90. The molecular weight excluding hydrogens is 300 g/mol. The van der Waals surface area contributed by atoms with E-state index < -0.39 is 6.10 Å². The minimum atomic E-state index is -0.534. The molecule has 3 amide bonds. The van der Waals surface area contributed by atoms with Gasteiger partial charge < -0.3 is 15.0 Å². The Morgan fingerprint density at radius 2 is 2.17 bits per heavy atom. The van der Waals surface area contributed by atoms with E-state index in [1.807, 2.05) is 0 Å². The zero-order chi connectivity index (χ0) is 16.6. The largest absolute Gasteiger partial charge is 0.479 e.